The summed E-state index contributed by atoms with van der Waals surface area (Å²) in [6.45, 7) is -0.0201. The van der Waals surface area contributed by atoms with Gasteiger partial charge in [-0.1, -0.05) is 30.3 Å². The molecule has 1 saturated carbocycles. The molecule has 2 aromatic carbocycles. The Morgan fingerprint density at radius 1 is 1.04 bits per heavy atom. The van der Waals surface area contributed by atoms with Crippen LogP contribution in [0.15, 0.2) is 54.6 Å². The van der Waals surface area contributed by atoms with Crippen LogP contribution < -0.4 is 15.4 Å². The lowest BCUT2D eigenvalue weighted by Crippen LogP contribution is -2.33. The van der Waals surface area contributed by atoms with Crippen molar-refractivity contribution in [3.63, 3.8) is 0 Å². The fourth-order valence-electron chi connectivity index (χ4n) is 3.08. The predicted molar refractivity (Wildman–Crippen MR) is 101 cm³/mol. The van der Waals surface area contributed by atoms with E-state index in [4.69, 9.17) is 4.74 Å². The van der Waals surface area contributed by atoms with Gasteiger partial charge in [0.2, 0.25) is 11.8 Å². The van der Waals surface area contributed by atoms with Crippen molar-refractivity contribution in [1.82, 2.24) is 5.32 Å². The van der Waals surface area contributed by atoms with E-state index in [1.165, 1.54) is 0 Å². The Bertz CT molecular complexity index is 740. The molecule has 26 heavy (non-hydrogen) atoms. The maximum absolute atomic E-state index is 12.3. The number of ether oxygens (including phenoxy) is 1. The summed E-state index contributed by atoms with van der Waals surface area (Å²) in [7, 11) is 1.64. The molecule has 0 aliphatic heterocycles. The quantitative estimate of drug-likeness (QED) is 0.766. The van der Waals surface area contributed by atoms with Crippen molar-refractivity contribution >= 4 is 17.5 Å². The van der Waals surface area contributed by atoms with Crippen LogP contribution in [-0.4, -0.2) is 25.5 Å². The minimum Gasteiger partial charge on any atom is -0.497 e. The number of rotatable bonds is 8. The number of benzene rings is 2. The first kappa shape index (κ1) is 18.0. The summed E-state index contributed by atoms with van der Waals surface area (Å²) in [4.78, 5) is 24.3. The monoisotopic (exact) mass is 352 g/mol. The van der Waals surface area contributed by atoms with Gasteiger partial charge in [0.1, 0.15) is 5.75 Å². The molecule has 2 amide bonds. The molecular formula is C21H24N2O3. The summed E-state index contributed by atoms with van der Waals surface area (Å²) in [5, 5.41) is 5.49. The molecule has 1 atom stereocenters. The lowest BCUT2D eigenvalue weighted by atomic mass is 9.90. The van der Waals surface area contributed by atoms with E-state index in [1.54, 1.807) is 7.11 Å². The summed E-state index contributed by atoms with van der Waals surface area (Å²) in [6, 6.07) is 17.1. The summed E-state index contributed by atoms with van der Waals surface area (Å²) in [6.07, 6.45) is 2.70. The molecule has 1 aliphatic carbocycles. The third kappa shape index (κ3) is 5.09. The molecule has 2 aromatic rings. The van der Waals surface area contributed by atoms with Crippen LogP contribution in [0.25, 0.3) is 0 Å². The topological polar surface area (TPSA) is 67.4 Å². The third-order valence-electron chi connectivity index (χ3n) is 4.64. The Kier molecular flexibility index (Phi) is 5.89. The summed E-state index contributed by atoms with van der Waals surface area (Å²) in [5.41, 5.74) is 1.87. The van der Waals surface area contributed by atoms with Gasteiger partial charge in [0.05, 0.1) is 13.7 Å². The van der Waals surface area contributed by atoms with Crippen molar-refractivity contribution < 1.29 is 14.3 Å². The Balaban J connectivity index is 1.51. The third-order valence-corrected chi connectivity index (χ3v) is 4.64. The highest BCUT2D eigenvalue weighted by molar-refractivity contribution is 5.94. The average Bonchev–Trinajstić information content (AvgIpc) is 3.50. The van der Waals surface area contributed by atoms with E-state index < -0.39 is 0 Å². The predicted octanol–water partition coefficient (Wildman–Crippen LogP) is 3.33. The largest absolute Gasteiger partial charge is 0.497 e. The van der Waals surface area contributed by atoms with Crippen LogP contribution in [0.2, 0.25) is 0 Å². The minimum absolute atomic E-state index is 0.0201. The van der Waals surface area contributed by atoms with Gasteiger partial charge in [0.25, 0.3) is 0 Å². The van der Waals surface area contributed by atoms with Crippen molar-refractivity contribution in [3.8, 4) is 5.75 Å². The maximum atomic E-state index is 12.3. The fraction of sp³-hybridized carbons (Fsp3) is 0.333. The van der Waals surface area contributed by atoms with Crippen LogP contribution in [0.3, 0.4) is 0 Å². The molecule has 3 rings (SSSR count). The van der Waals surface area contributed by atoms with E-state index in [9.17, 15) is 9.59 Å². The van der Waals surface area contributed by atoms with Crippen LogP contribution >= 0.6 is 0 Å². The van der Waals surface area contributed by atoms with Gasteiger partial charge in [-0.15, -0.1) is 0 Å². The Hall–Kier alpha value is -2.82. The molecule has 2 N–H and O–H groups in total. The Morgan fingerprint density at radius 2 is 1.73 bits per heavy atom. The van der Waals surface area contributed by atoms with Gasteiger partial charge in [-0.2, -0.15) is 0 Å². The number of amides is 2. The Morgan fingerprint density at radius 3 is 2.35 bits per heavy atom. The molecule has 1 aliphatic rings. The normalized spacial score (nSPS) is 14.3. The summed E-state index contributed by atoms with van der Waals surface area (Å²) >= 11 is 0. The zero-order valence-electron chi connectivity index (χ0n) is 14.9. The first-order valence-electron chi connectivity index (χ1n) is 8.91. The average molecular weight is 352 g/mol. The molecule has 0 saturated heterocycles. The number of carbonyl (C=O) groups excluding carboxylic acids is 2. The van der Waals surface area contributed by atoms with Crippen LogP contribution in [0.4, 0.5) is 5.69 Å². The smallest absolute Gasteiger partial charge is 0.243 e. The molecule has 0 aromatic heterocycles. The number of anilines is 1. The molecule has 5 nitrogen and oxygen atoms in total. The van der Waals surface area contributed by atoms with Crippen LogP contribution in [0.5, 0.6) is 5.75 Å². The van der Waals surface area contributed by atoms with Crippen molar-refractivity contribution in [2.45, 2.75) is 25.2 Å². The maximum Gasteiger partial charge on any atom is 0.243 e. The zero-order chi connectivity index (χ0) is 18.4. The van der Waals surface area contributed by atoms with Gasteiger partial charge >= 0.3 is 0 Å². The van der Waals surface area contributed by atoms with Crippen molar-refractivity contribution in [2.75, 3.05) is 19.0 Å². The summed E-state index contributed by atoms with van der Waals surface area (Å²) < 4.78 is 5.20. The first-order chi connectivity index (χ1) is 12.7. The van der Waals surface area contributed by atoms with E-state index in [1.807, 2.05) is 54.6 Å². The number of nitrogens with one attached hydrogen (secondary N) is 2. The van der Waals surface area contributed by atoms with Crippen LogP contribution in [0, 0.1) is 5.92 Å². The molecule has 136 valence electrons. The molecule has 1 fully saturated rings. The van der Waals surface area contributed by atoms with Crippen molar-refractivity contribution in [2.24, 2.45) is 5.92 Å². The lowest BCUT2D eigenvalue weighted by Gasteiger charge is -2.17. The van der Waals surface area contributed by atoms with E-state index in [0.717, 1.165) is 29.8 Å². The van der Waals surface area contributed by atoms with Gasteiger partial charge in [0.15, 0.2) is 0 Å². The number of methoxy groups -OCH3 is 1. The van der Waals surface area contributed by atoms with Gasteiger partial charge in [-0.3, -0.25) is 9.59 Å². The molecule has 0 heterocycles. The van der Waals surface area contributed by atoms with Crippen molar-refractivity contribution in [1.29, 1.82) is 0 Å². The first-order valence-corrected chi connectivity index (χ1v) is 8.91. The molecule has 0 bridgehead atoms. The molecule has 5 heteroatoms. The highest BCUT2D eigenvalue weighted by Gasteiger charge is 2.33. The second-order valence-corrected chi connectivity index (χ2v) is 6.61. The van der Waals surface area contributed by atoms with E-state index in [0.29, 0.717) is 12.3 Å². The van der Waals surface area contributed by atoms with E-state index in [-0.39, 0.29) is 24.3 Å². The number of hydrogen-bond acceptors (Lipinski definition) is 3. The Labute approximate surface area is 153 Å². The van der Waals surface area contributed by atoms with Crippen LogP contribution in [-0.2, 0) is 9.59 Å². The molecule has 0 spiro atoms. The lowest BCUT2D eigenvalue weighted by molar-refractivity contribution is -0.124. The molecule has 0 radical (unpaired) electrons. The number of para-hydroxylation sites is 1. The highest BCUT2D eigenvalue weighted by atomic mass is 16.5. The highest BCUT2D eigenvalue weighted by Crippen LogP contribution is 2.44. The standard InChI is InChI=1S/C21H24N2O3/c1-26-18-11-9-16(10-12-18)19(15-7-8-15)13-20(24)22-14-21(25)23-17-5-3-2-4-6-17/h2-6,9-12,15,19H,7-8,13-14H2,1H3,(H,22,24)(H,23,25). The minimum atomic E-state index is -0.225. The molecule has 1 unspecified atom stereocenters. The second-order valence-electron chi connectivity index (χ2n) is 6.61. The summed E-state index contributed by atoms with van der Waals surface area (Å²) in [5.74, 6) is 1.23. The second kappa shape index (κ2) is 8.52. The zero-order valence-corrected chi connectivity index (χ0v) is 14.9. The molecular weight excluding hydrogens is 328 g/mol. The van der Waals surface area contributed by atoms with Crippen molar-refractivity contribution in [3.05, 3.63) is 60.2 Å². The van der Waals surface area contributed by atoms with Gasteiger partial charge in [-0.05, 0) is 54.5 Å². The van der Waals surface area contributed by atoms with Crippen LogP contribution in [0.1, 0.15) is 30.7 Å². The SMILES string of the molecule is COc1ccc(C(CC(=O)NCC(=O)Nc2ccccc2)C2CC2)cc1. The van der Waals surface area contributed by atoms with Gasteiger partial charge < -0.3 is 15.4 Å². The van der Waals surface area contributed by atoms with E-state index in [2.05, 4.69) is 10.6 Å². The van der Waals surface area contributed by atoms with Gasteiger partial charge in [0, 0.05) is 12.1 Å². The number of hydrogen-bond donors (Lipinski definition) is 2. The number of carbonyl (C=O) groups is 2. The van der Waals surface area contributed by atoms with Gasteiger partial charge in [-0.25, -0.2) is 0 Å². The fourth-order valence-corrected chi connectivity index (χ4v) is 3.08. The van der Waals surface area contributed by atoms with E-state index >= 15 is 0 Å².